The lowest BCUT2D eigenvalue weighted by atomic mass is 10.1. The van der Waals surface area contributed by atoms with E-state index in [4.69, 9.17) is 0 Å². The summed E-state index contributed by atoms with van der Waals surface area (Å²) in [6, 6.07) is 13.6. The second kappa shape index (κ2) is 9.56. The first-order valence-corrected chi connectivity index (χ1v) is 9.05. The van der Waals surface area contributed by atoms with Crippen molar-refractivity contribution in [2.45, 2.75) is 25.7 Å². The Balaban J connectivity index is 1.96. The Morgan fingerprint density at radius 2 is 1.59 bits per heavy atom. The molecule has 1 atom stereocenters. The fraction of sp³-hybridized carbons (Fsp3) is 0.333. The Kier molecular flexibility index (Phi) is 7.39. The van der Waals surface area contributed by atoms with Crippen LogP contribution in [0, 0.1) is 0 Å². The molecule has 2 rings (SSSR count). The van der Waals surface area contributed by atoms with Crippen LogP contribution in [0.25, 0.3) is 0 Å². The molecule has 2 amide bonds. The monoisotopic (exact) mass is 407 g/mol. The quantitative estimate of drug-likeness (QED) is 0.763. The summed E-state index contributed by atoms with van der Waals surface area (Å²) in [4.78, 5) is 27.9. The Morgan fingerprint density at radius 3 is 2.21 bits per heavy atom. The average Bonchev–Trinajstić information content (AvgIpc) is 2.67. The maximum absolute atomic E-state index is 13.1. The molecule has 2 aromatic carbocycles. The van der Waals surface area contributed by atoms with Gasteiger partial charge in [-0.25, -0.2) is 0 Å². The number of alkyl halides is 3. The summed E-state index contributed by atoms with van der Waals surface area (Å²) in [5.41, 5.74) is -0.249. The number of rotatable bonds is 7. The number of nitrogens with one attached hydrogen (secondary N) is 1. The molecule has 0 unspecified atom stereocenters. The van der Waals surface area contributed by atoms with E-state index < -0.39 is 23.7 Å². The molecule has 0 heterocycles. The van der Waals surface area contributed by atoms with Crippen molar-refractivity contribution in [3.05, 3.63) is 65.7 Å². The van der Waals surface area contributed by atoms with Crippen molar-refractivity contribution < 1.29 is 22.8 Å². The molecular formula is C21H24F3N3O2. The van der Waals surface area contributed by atoms with Gasteiger partial charge in [0.2, 0.25) is 11.8 Å². The van der Waals surface area contributed by atoms with Gasteiger partial charge in [-0.2, -0.15) is 13.2 Å². The summed E-state index contributed by atoms with van der Waals surface area (Å²) in [6.45, 7) is 1.85. The number of benzene rings is 2. The summed E-state index contributed by atoms with van der Waals surface area (Å²) in [7, 11) is 3.24. The molecule has 0 aliphatic carbocycles. The third-order valence-electron chi connectivity index (χ3n) is 4.56. The zero-order chi connectivity index (χ0) is 21.6. The van der Waals surface area contributed by atoms with Gasteiger partial charge in [-0.05, 0) is 31.7 Å². The first-order chi connectivity index (χ1) is 13.6. The normalized spacial score (nSPS) is 12.5. The van der Waals surface area contributed by atoms with Crippen LogP contribution in [0.1, 0.15) is 18.1 Å². The van der Waals surface area contributed by atoms with Crippen LogP contribution in [0.15, 0.2) is 54.6 Å². The largest absolute Gasteiger partial charge is 0.418 e. The van der Waals surface area contributed by atoms with Crippen LogP contribution >= 0.6 is 0 Å². The van der Waals surface area contributed by atoms with Gasteiger partial charge in [-0.3, -0.25) is 14.5 Å². The smallest absolute Gasteiger partial charge is 0.340 e. The molecule has 0 bridgehead atoms. The molecule has 0 saturated carbocycles. The molecule has 1 N–H and O–H groups in total. The van der Waals surface area contributed by atoms with E-state index in [0.29, 0.717) is 6.54 Å². The molecule has 2 aromatic rings. The van der Waals surface area contributed by atoms with Crippen LogP contribution in [-0.2, 0) is 22.3 Å². The first kappa shape index (κ1) is 22.4. The predicted molar refractivity (Wildman–Crippen MR) is 105 cm³/mol. The second-order valence-electron chi connectivity index (χ2n) is 6.86. The van der Waals surface area contributed by atoms with E-state index in [-0.39, 0.29) is 18.1 Å². The van der Waals surface area contributed by atoms with Gasteiger partial charge in [0.05, 0.1) is 23.8 Å². The van der Waals surface area contributed by atoms with Crippen LogP contribution in [0.4, 0.5) is 18.9 Å². The van der Waals surface area contributed by atoms with E-state index in [2.05, 4.69) is 5.32 Å². The summed E-state index contributed by atoms with van der Waals surface area (Å²) in [5, 5.41) is 2.29. The van der Waals surface area contributed by atoms with E-state index in [1.807, 2.05) is 30.3 Å². The van der Waals surface area contributed by atoms with Crippen LogP contribution in [-0.4, -0.2) is 48.3 Å². The number of hydrogen-bond donors (Lipinski definition) is 1. The highest BCUT2D eigenvalue weighted by atomic mass is 19.4. The number of hydrogen-bond acceptors (Lipinski definition) is 3. The SMILES string of the molecule is C[C@H](C(=O)N(C)Cc1ccccc1)N(C)CC(=O)Nc1ccccc1C(F)(F)F. The number of carbonyl (C=O) groups is 2. The molecule has 0 aliphatic heterocycles. The lowest BCUT2D eigenvalue weighted by molar-refractivity contribution is -0.137. The lowest BCUT2D eigenvalue weighted by Gasteiger charge is -2.28. The minimum atomic E-state index is -4.57. The van der Waals surface area contributed by atoms with Crippen molar-refractivity contribution in [3.63, 3.8) is 0 Å². The van der Waals surface area contributed by atoms with Crippen molar-refractivity contribution >= 4 is 17.5 Å². The lowest BCUT2D eigenvalue weighted by Crippen LogP contribution is -2.46. The Bertz CT molecular complexity index is 841. The van der Waals surface area contributed by atoms with E-state index in [1.54, 1.807) is 25.9 Å². The van der Waals surface area contributed by atoms with Gasteiger partial charge in [0, 0.05) is 13.6 Å². The van der Waals surface area contributed by atoms with E-state index in [1.165, 1.54) is 23.1 Å². The molecule has 5 nitrogen and oxygen atoms in total. The standard InChI is InChI=1S/C21H24F3N3O2/c1-15(20(29)27(3)13-16-9-5-4-6-10-16)26(2)14-19(28)25-18-12-8-7-11-17(18)21(22,23)24/h4-12,15H,13-14H2,1-3H3,(H,25,28)/t15-/m1/s1. The van der Waals surface area contributed by atoms with Crippen LogP contribution in [0.3, 0.4) is 0 Å². The third kappa shape index (κ3) is 6.32. The van der Waals surface area contributed by atoms with Gasteiger partial charge < -0.3 is 10.2 Å². The first-order valence-electron chi connectivity index (χ1n) is 9.05. The van der Waals surface area contributed by atoms with Crippen molar-refractivity contribution in [1.82, 2.24) is 9.80 Å². The zero-order valence-electron chi connectivity index (χ0n) is 16.5. The molecule has 0 spiro atoms. The maximum atomic E-state index is 13.1. The molecule has 8 heteroatoms. The zero-order valence-corrected chi connectivity index (χ0v) is 16.5. The number of likely N-dealkylation sites (N-methyl/N-ethyl adjacent to an activating group) is 2. The minimum absolute atomic E-state index is 0.195. The minimum Gasteiger partial charge on any atom is -0.340 e. The van der Waals surface area contributed by atoms with Gasteiger partial charge in [0.15, 0.2) is 0 Å². The van der Waals surface area contributed by atoms with Crippen molar-refractivity contribution in [1.29, 1.82) is 0 Å². The number of nitrogens with zero attached hydrogens (tertiary/aromatic N) is 2. The number of halogens is 3. The fourth-order valence-electron chi connectivity index (χ4n) is 2.84. The van der Waals surface area contributed by atoms with Gasteiger partial charge >= 0.3 is 6.18 Å². The van der Waals surface area contributed by atoms with Crippen molar-refractivity contribution in [2.75, 3.05) is 26.0 Å². The molecule has 0 aromatic heterocycles. The van der Waals surface area contributed by atoms with E-state index >= 15 is 0 Å². The molecule has 0 radical (unpaired) electrons. The molecule has 156 valence electrons. The van der Waals surface area contributed by atoms with Gasteiger partial charge in [0.25, 0.3) is 0 Å². The highest BCUT2D eigenvalue weighted by Crippen LogP contribution is 2.34. The van der Waals surface area contributed by atoms with E-state index in [0.717, 1.165) is 11.6 Å². The highest BCUT2D eigenvalue weighted by Gasteiger charge is 2.33. The Hall–Kier alpha value is -2.87. The third-order valence-corrected chi connectivity index (χ3v) is 4.56. The van der Waals surface area contributed by atoms with Crippen molar-refractivity contribution in [3.8, 4) is 0 Å². The van der Waals surface area contributed by atoms with Gasteiger partial charge in [-0.15, -0.1) is 0 Å². The molecule has 0 aliphatic rings. The van der Waals surface area contributed by atoms with Gasteiger partial charge in [-0.1, -0.05) is 42.5 Å². The van der Waals surface area contributed by atoms with Crippen LogP contribution in [0.2, 0.25) is 0 Å². The predicted octanol–water partition coefficient (Wildman–Crippen LogP) is 3.62. The molecular weight excluding hydrogens is 383 g/mol. The Labute approximate surface area is 168 Å². The number of para-hydroxylation sites is 1. The number of carbonyl (C=O) groups excluding carboxylic acids is 2. The van der Waals surface area contributed by atoms with Crippen molar-refractivity contribution in [2.24, 2.45) is 0 Å². The highest BCUT2D eigenvalue weighted by molar-refractivity contribution is 5.93. The van der Waals surface area contributed by atoms with E-state index in [9.17, 15) is 22.8 Å². The Morgan fingerprint density at radius 1 is 1.00 bits per heavy atom. The fourth-order valence-corrected chi connectivity index (χ4v) is 2.84. The summed E-state index contributed by atoms with van der Waals surface area (Å²) in [5.74, 6) is -0.825. The number of amides is 2. The topological polar surface area (TPSA) is 52.7 Å². The second-order valence-corrected chi connectivity index (χ2v) is 6.86. The summed E-state index contributed by atoms with van der Waals surface area (Å²) in [6.07, 6.45) is -4.57. The average molecular weight is 407 g/mol. The number of anilines is 1. The van der Waals surface area contributed by atoms with Crippen LogP contribution in [0.5, 0.6) is 0 Å². The molecule has 29 heavy (non-hydrogen) atoms. The molecule has 0 saturated heterocycles. The summed E-state index contributed by atoms with van der Waals surface area (Å²) < 4.78 is 39.2. The van der Waals surface area contributed by atoms with Crippen LogP contribution < -0.4 is 5.32 Å². The molecule has 0 fully saturated rings. The van der Waals surface area contributed by atoms with Gasteiger partial charge in [0.1, 0.15) is 0 Å². The summed E-state index contributed by atoms with van der Waals surface area (Å²) >= 11 is 0. The maximum Gasteiger partial charge on any atom is 0.418 e.